The lowest BCUT2D eigenvalue weighted by Gasteiger charge is -2.07. The van der Waals surface area contributed by atoms with Gasteiger partial charge in [-0.1, -0.05) is 23.9 Å². The number of nitrogens with one attached hydrogen (secondary N) is 2. The van der Waals surface area contributed by atoms with Crippen LogP contribution in [0.1, 0.15) is 34.4 Å². The second-order valence-corrected chi connectivity index (χ2v) is 8.08. The van der Waals surface area contributed by atoms with E-state index in [-0.39, 0.29) is 5.91 Å². The van der Waals surface area contributed by atoms with E-state index < -0.39 is 0 Å². The van der Waals surface area contributed by atoms with Crippen LogP contribution in [-0.4, -0.2) is 25.7 Å². The summed E-state index contributed by atoms with van der Waals surface area (Å²) in [5, 5.41) is 11.8. The van der Waals surface area contributed by atoms with Gasteiger partial charge in [-0.25, -0.2) is 4.98 Å². The predicted molar refractivity (Wildman–Crippen MR) is 107 cm³/mol. The number of aromatic nitrogens is 4. The monoisotopic (exact) mass is 405 g/mol. The number of H-pyrrole nitrogens is 1. The lowest BCUT2D eigenvalue weighted by atomic mass is 10.1. The van der Waals surface area contributed by atoms with Crippen molar-refractivity contribution in [3.8, 4) is 0 Å². The van der Waals surface area contributed by atoms with Crippen LogP contribution in [0, 0.1) is 11.7 Å². The van der Waals surface area contributed by atoms with Crippen LogP contribution in [0.2, 0.25) is 0 Å². The highest BCUT2D eigenvalue weighted by molar-refractivity contribution is 8.00. The Hall–Kier alpha value is -1.97. The van der Waals surface area contributed by atoms with Crippen molar-refractivity contribution in [2.75, 3.05) is 0 Å². The molecule has 2 aromatic heterocycles. The van der Waals surface area contributed by atoms with Crippen molar-refractivity contribution in [3.05, 3.63) is 57.1 Å². The molecule has 0 aliphatic rings. The molecule has 0 atom stereocenters. The summed E-state index contributed by atoms with van der Waals surface area (Å²) in [7, 11) is 0. The van der Waals surface area contributed by atoms with Crippen molar-refractivity contribution in [1.82, 2.24) is 25.1 Å². The molecule has 26 heavy (non-hydrogen) atoms. The minimum Gasteiger partial charge on any atom is -0.345 e. The summed E-state index contributed by atoms with van der Waals surface area (Å²) in [6.07, 6.45) is 0. The summed E-state index contributed by atoms with van der Waals surface area (Å²) in [6, 6.07) is 7.64. The first-order chi connectivity index (χ1) is 12.6. The van der Waals surface area contributed by atoms with E-state index in [0.717, 1.165) is 27.2 Å². The molecule has 3 rings (SSSR count). The molecule has 0 unspecified atom stereocenters. The molecule has 9 heteroatoms. The van der Waals surface area contributed by atoms with Gasteiger partial charge >= 0.3 is 0 Å². The van der Waals surface area contributed by atoms with Crippen LogP contribution in [0.15, 0.2) is 34.0 Å². The molecular formula is C17H19N5OS3. The van der Waals surface area contributed by atoms with E-state index in [1.165, 1.54) is 0 Å². The van der Waals surface area contributed by atoms with E-state index in [0.29, 0.717) is 23.4 Å². The molecule has 1 aromatic carbocycles. The third-order valence-corrected chi connectivity index (χ3v) is 6.26. The van der Waals surface area contributed by atoms with Gasteiger partial charge in [0.2, 0.25) is 0 Å². The minimum atomic E-state index is -0.128. The van der Waals surface area contributed by atoms with E-state index in [4.69, 9.17) is 12.2 Å². The second-order valence-electron chi connectivity index (χ2n) is 5.61. The number of rotatable bonds is 7. The molecule has 0 aliphatic heterocycles. The molecule has 2 heterocycles. The number of thioether (sulfide) groups is 1. The molecular weight excluding hydrogens is 386 g/mol. The van der Waals surface area contributed by atoms with Crippen molar-refractivity contribution in [2.45, 2.75) is 37.0 Å². The third-order valence-electron chi connectivity index (χ3n) is 3.74. The Labute approximate surface area is 165 Å². The van der Waals surface area contributed by atoms with Crippen molar-refractivity contribution in [2.24, 2.45) is 0 Å². The maximum atomic E-state index is 12.3. The molecule has 0 aliphatic carbocycles. The maximum absolute atomic E-state index is 12.3. The van der Waals surface area contributed by atoms with Gasteiger partial charge in [-0.2, -0.15) is 5.10 Å². The molecule has 6 nitrogen and oxygen atoms in total. The number of nitrogens with zero attached hydrogens (tertiary/aromatic N) is 3. The van der Waals surface area contributed by atoms with Crippen LogP contribution in [0.3, 0.4) is 0 Å². The fraction of sp³-hybridized carbons (Fsp3) is 0.294. The van der Waals surface area contributed by atoms with Crippen LogP contribution < -0.4 is 5.32 Å². The Morgan fingerprint density at radius 3 is 2.81 bits per heavy atom. The van der Waals surface area contributed by atoms with Gasteiger partial charge in [0, 0.05) is 28.9 Å². The fourth-order valence-electron chi connectivity index (χ4n) is 2.37. The lowest BCUT2D eigenvalue weighted by molar-refractivity contribution is 0.0949. The Bertz CT molecular complexity index is 942. The Morgan fingerprint density at radius 1 is 1.38 bits per heavy atom. The summed E-state index contributed by atoms with van der Waals surface area (Å²) < 4.78 is 3.48. The van der Waals surface area contributed by atoms with Gasteiger partial charge in [0.1, 0.15) is 4.34 Å². The number of thiazole rings is 1. The summed E-state index contributed by atoms with van der Waals surface area (Å²) in [4.78, 5) is 16.8. The molecule has 0 spiro atoms. The average Bonchev–Trinajstić information content (AvgIpc) is 3.23. The first-order valence-corrected chi connectivity index (χ1v) is 10.4. The standard InChI is InChI=1S/C17H19N5OS3/c1-3-22-14(20-21-16(22)24)8-18-15(23)13-6-4-12(5-7-13)10-26-17-19-11(2)9-25-17/h4-7,9H,3,8,10H2,1-2H3,(H,18,23)(H,21,24). The SMILES string of the molecule is CCn1c(CNC(=O)c2ccc(CSc3nc(C)cs3)cc2)n[nH]c1=S. The van der Waals surface area contributed by atoms with Crippen LogP contribution in [0.5, 0.6) is 0 Å². The highest BCUT2D eigenvalue weighted by atomic mass is 32.2. The zero-order valence-electron chi connectivity index (χ0n) is 14.5. The van der Waals surface area contributed by atoms with E-state index in [1.807, 2.05) is 48.1 Å². The molecule has 3 aromatic rings. The quantitative estimate of drug-likeness (QED) is 0.460. The molecule has 0 saturated heterocycles. The van der Waals surface area contributed by atoms with E-state index in [1.54, 1.807) is 23.1 Å². The lowest BCUT2D eigenvalue weighted by Crippen LogP contribution is -2.24. The number of aromatic amines is 1. The summed E-state index contributed by atoms with van der Waals surface area (Å²) >= 11 is 8.51. The molecule has 136 valence electrons. The van der Waals surface area contributed by atoms with E-state index in [2.05, 4.69) is 20.5 Å². The Morgan fingerprint density at radius 2 is 2.15 bits per heavy atom. The number of amides is 1. The van der Waals surface area contributed by atoms with Crippen molar-refractivity contribution in [3.63, 3.8) is 0 Å². The minimum absolute atomic E-state index is 0.128. The Kier molecular flexibility index (Phi) is 6.23. The van der Waals surface area contributed by atoms with Crippen LogP contribution in [0.25, 0.3) is 0 Å². The summed E-state index contributed by atoms with van der Waals surface area (Å²) in [5.74, 6) is 1.43. The molecule has 0 radical (unpaired) electrons. The zero-order valence-corrected chi connectivity index (χ0v) is 16.9. The number of carbonyl (C=O) groups is 1. The molecule has 0 bridgehead atoms. The van der Waals surface area contributed by atoms with Gasteiger partial charge in [0.15, 0.2) is 10.6 Å². The van der Waals surface area contributed by atoms with Crippen LogP contribution in [-0.2, 0) is 18.8 Å². The average molecular weight is 406 g/mol. The highest BCUT2D eigenvalue weighted by Crippen LogP contribution is 2.26. The van der Waals surface area contributed by atoms with Crippen molar-refractivity contribution >= 4 is 41.2 Å². The number of hydrogen-bond acceptors (Lipinski definition) is 6. The highest BCUT2D eigenvalue weighted by Gasteiger charge is 2.09. The molecule has 0 fully saturated rings. The van der Waals surface area contributed by atoms with Gasteiger partial charge in [-0.3, -0.25) is 9.89 Å². The number of hydrogen-bond donors (Lipinski definition) is 2. The van der Waals surface area contributed by atoms with E-state index in [9.17, 15) is 4.79 Å². The second kappa shape index (κ2) is 8.61. The number of carbonyl (C=O) groups excluding carboxylic acids is 1. The van der Waals surface area contributed by atoms with Crippen molar-refractivity contribution in [1.29, 1.82) is 0 Å². The Balaban J connectivity index is 1.55. The predicted octanol–water partition coefficient (Wildman–Crippen LogP) is 3.95. The van der Waals surface area contributed by atoms with Gasteiger partial charge in [-0.05, 0) is 43.8 Å². The molecule has 2 N–H and O–H groups in total. The molecule has 0 saturated carbocycles. The van der Waals surface area contributed by atoms with Gasteiger partial charge < -0.3 is 9.88 Å². The van der Waals surface area contributed by atoms with Gasteiger partial charge in [0.25, 0.3) is 5.91 Å². The van der Waals surface area contributed by atoms with E-state index >= 15 is 0 Å². The first kappa shape index (κ1) is 18.8. The zero-order chi connectivity index (χ0) is 18.5. The topological polar surface area (TPSA) is 75.6 Å². The summed E-state index contributed by atoms with van der Waals surface area (Å²) in [6.45, 7) is 5.03. The van der Waals surface area contributed by atoms with Crippen LogP contribution in [0.4, 0.5) is 0 Å². The number of benzene rings is 1. The largest absolute Gasteiger partial charge is 0.345 e. The third kappa shape index (κ3) is 4.60. The molecule has 1 amide bonds. The smallest absolute Gasteiger partial charge is 0.251 e. The summed E-state index contributed by atoms with van der Waals surface area (Å²) in [5.41, 5.74) is 2.83. The number of aryl methyl sites for hydroxylation is 1. The van der Waals surface area contributed by atoms with Gasteiger partial charge in [0.05, 0.1) is 6.54 Å². The van der Waals surface area contributed by atoms with Crippen LogP contribution >= 0.6 is 35.3 Å². The fourth-order valence-corrected chi connectivity index (χ4v) is 4.45. The first-order valence-electron chi connectivity index (χ1n) is 8.13. The van der Waals surface area contributed by atoms with Gasteiger partial charge in [-0.15, -0.1) is 11.3 Å². The normalized spacial score (nSPS) is 10.8. The maximum Gasteiger partial charge on any atom is 0.251 e. The van der Waals surface area contributed by atoms with Crippen molar-refractivity contribution < 1.29 is 4.79 Å².